The van der Waals surface area contributed by atoms with Gasteiger partial charge in [0.25, 0.3) is 0 Å². The Morgan fingerprint density at radius 1 is 0.828 bits per heavy atom. The molecule has 144 valence electrons. The number of nitrogens with one attached hydrogen (secondary N) is 2. The Kier molecular flexibility index (Phi) is 5.03. The maximum atomic E-state index is 13.6. The third kappa shape index (κ3) is 4.30. The van der Waals surface area contributed by atoms with Gasteiger partial charge in [-0.3, -0.25) is 0 Å². The normalized spacial score (nSPS) is 10.6. The van der Waals surface area contributed by atoms with Crippen molar-refractivity contribution in [2.75, 3.05) is 10.6 Å². The predicted octanol–water partition coefficient (Wildman–Crippen LogP) is 5.50. The van der Waals surface area contributed by atoms with Gasteiger partial charge in [-0.25, -0.2) is 9.18 Å². The van der Waals surface area contributed by atoms with Crippen LogP contribution in [0.4, 0.5) is 20.6 Å². The van der Waals surface area contributed by atoms with Gasteiger partial charge in [-0.1, -0.05) is 30.3 Å². The molecule has 0 unspecified atom stereocenters. The quantitative estimate of drug-likeness (QED) is 0.484. The first-order chi connectivity index (χ1) is 14.1. The van der Waals surface area contributed by atoms with Crippen LogP contribution in [0.1, 0.15) is 5.56 Å². The molecule has 1 aromatic heterocycles. The monoisotopic (exact) mass is 388 g/mol. The molecule has 0 aliphatic rings. The van der Waals surface area contributed by atoms with Crippen molar-refractivity contribution < 1.29 is 13.6 Å². The molecule has 0 radical (unpaired) electrons. The fraction of sp³-hybridized carbons (Fsp3) is 0.0455. The number of aryl methyl sites for hydroxylation is 1. The highest BCUT2D eigenvalue weighted by Crippen LogP contribution is 2.25. The van der Waals surface area contributed by atoms with Gasteiger partial charge in [0.05, 0.1) is 0 Å². The van der Waals surface area contributed by atoms with E-state index in [0.717, 1.165) is 5.56 Å². The average Bonchev–Trinajstić information content (AvgIpc) is 3.22. The van der Waals surface area contributed by atoms with Gasteiger partial charge in [-0.15, -0.1) is 10.2 Å². The van der Waals surface area contributed by atoms with Crippen LogP contribution in [-0.4, -0.2) is 16.2 Å². The molecule has 4 rings (SSSR count). The van der Waals surface area contributed by atoms with Gasteiger partial charge in [-0.05, 0) is 55.0 Å². The summed E-state index contributed by atoms with van der Waals surface area (Å²) in [6.07, 6.45) is 0. The third-order valence-electron chi connectivity index (χ3n) is 4.24. The number of anilines is 2. The van der Waals surface area contributed by atoms with Crippen LogP contribution in [0.15, 0.2) is 77.2 Å². The lowest BCUT2D eigenvalue weighted by atomic mass is 10.2. The first kappa shape index (κ1) is 18.4. The second kappa shape index (κ2) is 7.93. The summed E-state index contributed by atoms with van der Waals surface area (Å²) < 4.78 is 19.4. The first-order valence-electron chi connectivity index (χ1n) is 8.92. The van der Waals surface area contributed by atoms with Crippen molar-refractivity contribution >= 4 is 17.4 Å². The van der Waals surface area contributed by atoms with E-state index in [1.165, 1.54) is 6.07 Å². The van der Waals surface area contributed by atoms with Crippen LogP contribution in [0.5, 0.6) is 0 Å². The summed E-state index contributed by atoms with van der Waals surface area (Å²) in [6, 6.07) is 20.5. The highest BCUT2D eigenvalue weighted by atomic mass is 19.1. The van der Waals surface area contributed by atoms with Crippen LogP contribution in [0.25, 0.3) is 22.9 Å². The zero-order chi connectivity index (χ0) is 20.2. The van der Waals surface area contributed by atoms with E-state index in [1.54, 1.807) is 43.3 Å². The van der Waals surface area contributed by atoms with E-state index in [0.29, 0.717) is 34.3 Å². The molecule has 7 heteroatoms. The van der Waals surface area contributed by atoms with Crippen LogP contribution >= 0.6 is 0 Å². The van der Waals surface area contributed by atoms with Crippen molar-refractivity contribution in [3.05, 3.63) is 84.2 Å². The van der Waals surface area contributed by atoms with Gasteiger partial charge in [0, 0.05) is 22.5 Å². The topological polar surface area (TPSA) is 80.0 Å². The molecule has 0 atom stereocenters. The van der Waals surface area contributed by atoms with E-state index >= 15 is 0 Å². The summed E-state index contributed by atoms with van der Waals surface area (Å²) >= 11 is 0. The molecule has 0 fully saturated rings. The number of hydrogen-bond acceptors (Lipinski definition) is 4. The number of amides is 2. The molecular weight excluding hydrogens is 371 g/mol. The summed E-state index contributed by atoms with van der Waals surface area (Å²) in [5.41, 5.74) is 2.90. The molecule has 1 heterocycles. The highest BCUT2D eigenvalue weighted by molar-refractivity contribution is 6.00. The Labute approximate surface area is 166 Å². The Balaban J connectivity index is 1.48. The van der Waals surface area contributed by atoms with Crippen molar-refractivity contribution in [3.63, 3.8) is 0 Å². The number of carbonyl (C=O) groups is 1. The lowest BCUT2D eigenvalue weighted by molar-refractivity contribution is 0.262. The van der Waals surface area contributed by atoms with Gasteiger partial charge < -0.3 is 15.1 Å². The minimum atomic E-state index is -0.485. The van der Waals surface area contributed by atoms with Crippen LogP contribution < -0.4 is 10.6 Å². The number of rotatable bonds is 4. The number of benzene rings is 3. The van der Waals surface area contributed by atoms with Crippen LogP contribution in [0.3, 0.4) is 0 Å². The predicted molar refractivity (Wildman–Crippen MR) is 109 cm³/mol. The number of nitrogens with zero attached hydrogens (tertiary/aromatic N) is 2. The molecular formula is C22H17FN4O2. The molecule has 0 aliphatic carbocycles. The van der Waals surface area contributed by atoms with Crippen molar-refractivity contribution in [2.45, 2.75) is 6.92 Å². The molecule has 2 amide bonds. The second-order valence-corrected chi connectivity index (χ2v) is 6.40. The van der Waals surface area contributed by atoms with Crippen LogP contribution in [-0.2, 0) is 0 Å². The number of urea groups is 1. The molecule has 3 aromatic carbocycles. The summed E-state index contributed by atoms with van der Waals surface area (Å²) in [7, 11) is 0. The number of carbonyl (C=O) groups excluding carboxylic acids is 1. The van der Waals surface area contributed by atoms with Gasteiger partial charge in [-0.2, -0.15) is 0 Å². The van der Waals surface area contributed by atoms with Gasteiger partial charge in [0.15, 0.2) is 0 Å². The lowest BCUT2D eigenvalue weighted by Crippen LogP contribution is -2.19. The van der Waals surface area contributed by atoms with Crippen LogP contribution in [0.2, 0.25) is 0 Å². The lowest BCUT2D eigenvalue weighted by Gasteiger charge is -2.09. The number of halogens is 1. The largest absolute Gasteiger partial charge is 0.416 e. The van der Waals surface area contributed by atoms with Crippen molar-refractivity contribution in [1.29, 1.82) is 0 Å². The molecule has 4 aromatic rings. The first-order valence-corrected chi connectivity index (χ1v) is 8.92. The molecule has 29 heavy (non-hydrogen) atoms. The smallest absolute Gasteiger partial charge is 0.323 e. The molecule has 0 saturated heterocycles. The minimum Gasteiger partial charge on any atom is -0.416 e. The highest BCUT2D eigenvalue weighted by Gasteiger charge is 2.11. The molecule has 0 saturated carbocycles. The molecule has 0 spiro atoms. The second-order valence-electron chi connectivity index (χ2n) is 6.40. The molecule has 6 nitrogen and oxygen atoms in total. The Bertz CT molecular complexity index is 1160. The van der Waals surface area contributed by atoms with Crippen molar-refractivity contribution in [1.82, 2.24) is 10.2 Å². The van der Waals surface area contributed by atoms with E-state index in [9.17, 15) is 9.18 Å². The zero-order valence-corrected chi connectivity index (χ0v) is 15.5. The Morgan fingerprint density at radius 3 is 2.21 bits per heavy atom. The maximum Gasteiger partial charge on any atom is 0.323 e. The van der Waals surface area contributed by atoms with E-state index < -0.39 is 6.03 Å². The maximum absolute atomic E-state index is 13.6. The van der Waals surface area contributed by atoms with Gasteiger partial charge >= 0.3 is 6.03 Å². The summed E-state index contributed by atoms with van der Waals surface area (Å²) in [5.74, 6) is 0.377. The summed E-state index contributed by atoms with van der Waals surface area (Å²) in [6.45, 7) is 1.66. The third-order valence-corrected chi connectivity index (χ3v) is 4.24. The van der Waals surface area contributed by atoms with E-state index in [4.69, 9.17) is 4.42 Å². The zero-order valence-electron chi connectivity index (χ0n) is 15.5. The fourth-order valence-corrected chi connectivity index (χ4v) is 2.73. The SMILES string of the molecule is Cc1ccc(NC(=O)Nc2cccc(-c3nnc(-c4ccccc4)o3)c2)cc1F. The minimum absolute atomic E-state index is 0.341. The summed E-state index contributed by atoms with van der Waals surface area (Å²) in [4.78, 5) is 12.2. The van der Waals surface area contributed by atoms with Gasteiger partial charge in [0.2, 0.25) is 11.8 Å². The molecule has 0 aliphatic heterocycles. The Morgan fingerprint density at radius 2 is 1.48 bits per heavy atom. The standard InChI is InChI=1S/C22H17FN4O2/c1-14-10-11-18(13-19(14)23)25-22(28)24-17-9-5-8-16(12-17)21-27-26-20(29-21)15-6-3-2-4-7-15/h2-13H,1H3,(H2,24,25,28). The van der Waals surface area contributed by atoms with E-state index in [-0.39, 0.29) is 5.82 Å². The molecule has 0 bridgehead atoms. The molecule has 2 N–H and O–H groups in total. The van der Waals surface area contributed by atoms with E-state index in [2.05, 4.69) is 20.8 Å². The van der Waals surface area contributed by atoms with Crippen LogP contribution in [0, 0.1) is 12.7 Å². The number of aromatic nitrogens is 2. The van der Waals surface area contributed by atoms with Crippen molar-refractivity contribution in [3.8, 4) is 22.9 Å². The van der Waals surface area contributed by atoms with Crippen molar-refractivity contribution in [2.24, 2.45) is 0 Å². The van der Waals surface area contributed by atoms with E-state index in [1.807, 2.05) is 30.3 Å². The van der Waals surface area contributed by atoms with Gasteiger partial charge in [0.1, 0.15) is 5.82 Å². The fourth-order valence-electron chi connectivity index (χ4n) is 2.73. The number of hydrogen-bond donors (Lipinski definition) is 2. The summed E-state index contributed by atoms with van der Waals surface area (Å²) in [5, 5.41) is 13.5. The Hall–Kier alpha value is -4.00. The average molecular weight is 388 g/mol.